The minimum absolute atomic E-state index is 0.120. The molecule has 4 saturated carbocycles. The van der Waals surface area contributed by atoms with Gasteiger partial charge >= 0.3 is 0 Å². The lowest BCUT2D eigenvalue weighted by molar-refractivity contribution is -0.124. The third kappa shape index (κ3) is 2.15. The monoisotopic (exact) mass is 438 g/mol. The molecule has 0 spiro atoms. The zero-order valence-corrected chi connectivity index (χ0v) is 17.8. The van der Waals surface area contributed by atoms with Gasteiger partial charge in [0, 0.05) is 0 Å². The number of hydrogen-bond donors (Lipinski definition) is 0. The van der Waals surface area contributed by atoms with Gasteiger partial charge < -0.3 is 0 Å². The average Bonchev–Trinajstić information content (AvgIpc) is 3.56. The summed E-state index contributed by atoms with van der Waals surface area (Å²) in [6, 6.07) is 4.85. The number of carbonyl (C=O) groups is 4. The molecule has 2 heterocycles. The number of halogens is 1. The number of carbonyl (C=O) groups excluding carboxylic acids is 4. The number of imide groups is 2. The zero-order chi connectivity index (χ0) is 21.2. The fourth-order valence-electron chi connectivity index (χ4n) is 8.13. The number of rotatable bonds is 2. The van der Waals surface area contributed by atoms with Crippen molar-refractivity contribution in [2.24, 2.45) is 47.3 Å². The molecule has 2 aliphatic heterocycles. The van der Waals surface area contributed by atoms with Crippen LogP contribution in [0.1, 0.15) is 38.5 Å². The van der Waals surface area contributed by atoms with Gasteiger partial charge in [0.2, 0.25) is 23.6 Å². The third-order valence-electron chi connectivity index (χ3n) is 9.29. The maximum atomic E-state index is 13.1. The molecule has 0 aromatic heterocycles. The Bertz CT molecular complexity index is 1030. The van der Waals surface area contributed by atoms with Crippen LogP contribution in [0.15, 0.2) is 18.2 Å². The van der Waals surface area contributed by atoms with Crippen LogP contribution in [-0.2, 0) is 19.2 Å². The van der Waals surface area contributed by atoms with E-state index in [1.165, 1.54) is 9.80 Å². The highest BCUT2D eigenvalue weighted by molar-refractivity contribution is 6.37. The average molecular weight is 439 g/mol. The Labute approximate surface area is 184 Å². The van der Waals surface area contributed by atoms with E-state index in [0.717, 1.165) is 38.5 Å². The standard InChI is InChI=1S/C24H23ClN2O4/c25-15-9-14(26-21(28)17-10-1-2-11(7-10)18(17)22(26)29)5-6-16(15)27-23(30)19-12-3-4-13(8-12)20(19)24(27)31/h5-6,9-13,17-20H,1-4,7-8H2/t10-,11-,12-,13-,17-,18+,19-,20+/m0/s1. The zero-order valence-electron chi connectivity index (χ0n) is 17.0. The summed E-state index contributed by atoms with van der Waals surface area (Å²) in [5.74, 6) is -0.0712. The largest absolute Gasteiger partial charge is 0.274 e. The number of hydrogen-bond acceptors (Lipinski definition) is 4. The van der Waals surface area contributed by atoms with Crippen LogP contribution in [-0.4, -0.2) is 23.6 Å². The maximum Gasteiger partial charge on any atom is 0.238 e. The first-order valence-corrected chi connectivity index (χ1v) is 11.9. The molecule has 4 amide bonds. The lowest BCUT2D eigenvalue weighted by Gasteiger charge is -2.21. The van der Waals surface area contributed by atoms with E-state index in [9.17, 15) is 19.2 Å². The molecule has 7 rings (SSSR count). The fraction of sp³-hybridized carbons (Fsp3) is 0.583. The molecule has 6 fully saturated rings. The van der Waals surface area contributed by atoms with Crippen molar-refractivity contribution >= 4 is 46.6 Å². The van der Waals surface area contributed by atoms with Crippen LogP contribution in [0.2, 0.25) is 5.02 Å². The molecular weight excluding hydrogens is 416 g/mol. The first-order chi connectivity index (χ1) is 15.0. The molecule has 0 radical (unpaired) electrons. The van der Waals surface area contributed by atoms with Crippen LogP contribution < -0.4 is 9.80 Å². The molecule has 0 unspecified atom stereocenters. The Morgan fingerprint density at radius 3 is 1.48 bits per heavy atom. The fourth-order valence-corrected chi connectivity index (χ4v) is 8.38. The van der Waals surface area contributed by atoms with E-state index in [0.29, 0.717) is 35.0 Å². The lowest BCUT2D eigenvalue weighted by atomic mass is 9.81. The van der Waals surface area contributed by atoms with E-state index in [4.69, 9.17) is 11.6 Å². The molecule has 31 heavy (non-hydrogen) atoms. The Hall–Kier alpha value is -2.21. The molecule has 4 aliphatic carbocycles. The van der Waals surface area contributed by atoms with Crippen molar-refractivity contribution < 1.29 is 19.2 Å². The molecule has 6 nitrogen and oxygen atoms in total. The predicted octanol–water partition coefficient (Wildman–Crippen LogP) is 3.41. The summed E-state index contributed by atoms with van der Waals surface area (Å²) in [4.78, 5) is 55.0. The van der Waals surface area contributed by atoms with E-state index in [1.54, 1.807) is 18.2 Å². The summed E-state index contributed by atoms with van der Waals surface area (Å²) in [6.45, 7) is 0. The van der Waals surface area contributed by atoms with Gasteiger partial charge in [-0.3, -0.25) is 19.2 Å². The lowest BCUT2D eigenvalue weighted by Crippen LogP contribution is -2.34. The van der Waals surface area contributed by atoms with Gasteiger partial charge in [-0.15, -0.1) is 0 Å². The number of amides is 4. The van der Waals surface area contributed by atoms with Crippen LogP contribution in [0.3, 0.4) is 0 Å². The van der Waals surface area contributed by atoms with Crippen LogP contribution in [0.4, 0.5) is 11.4 Å². The first kappa shape index (κ1) is 18.4. The first-order valence-electron chi connectivity index (χ1n) is 11.5. The van der Waals surface area contributed by atoms with Gasteiger partial charge in [0.05, 0.1) is 40.1 Å². The summed E-state index contributed by atoms with van der Waals surface area (Å²) < 4.78 is 0. The van der Waals surface area contributed by atoms with E-state index in [-0.39, 0.29) is 52.3 Å². The normalized spacial score (nSPS) is 42.4. The van der Waals surface area contributed by atoms with Gasteiger partial charge in [0.15, 0.2) is 0 Å². The minimum atomic E-state index is -0.210. The Morgan fingerprint density at radius 2 is 1.06 bits per heavy atom. The summed E-state index contributed by atoms with van der Waals surface area (Å²) in [6.07, 6.45) is 6.08. The number of nitrogens with zero attached hydrogens (tertiary/aromatic N) is 2. The highest BCUT2D eigenvalue weighted by Gasteiger charge is 2.62. The molecule has 1 aromatic carbocycles. The number of benzene rings is 1. The predicted molar refractivity (Wildman–Crippen MR) is 112 cm³/mol. The van der Waals surface area contributed by atoms with Crippen LogP contribution in [0.5, 0.6) is 0 Å². The summed E-state index contributed by atoms with van der Waals surface area (Å²) in [7, 11) is 0. The van der Waals surface area contributed by atoms with E-state index in [1.807, 2.05) is 0 Å². The topological polar surface area (TPSA) is 74.8 Å². The SMILES string of the molecule is O=C1[C@@H]2[C@H]3CC[C@@H](C3)[C@@H]2C(=O)N1c1ccc(N2C(=O)[C@@H]3[C@H]4CC[C@@H](C4)[C@@H]3C2=O)c(Cl)c1. The van der Waals surface area contributed by atoms with Crippen molar-refractivity contribution in [2.45, 2.75) is 38.5 Å². The van der Waals surface area contributed by atoms with E-state index < -0.39 is 0 Å². The molecule has 1 aromatic rings. The van der Waals surface area contributed by atoms with E-state index in [2.05, 4.69) is 0 Å². The van der Waals surface area contributed by atoms with Crippen molar-refractivity contribution in [1.82, 2.24) is 0 Å². The number of fused-ring (bicyclic) bond motifs is 10. The van der Waals surface area contributed by atoms with Gasteiger partial charge in [0.1, 0.15) is 0 Å². The van der Waals surface area contributed by atoms with Crippen molar-refractivity contribution in [3.8, 4) is 0 Å². The van der Waals surface area contributed by atoms with Crippen LogP contribution in [0.25, 0.3) is 0 Å². The quantitative estimate of drug-likeness (QED) is 0.663. The highest BCUT2D eigenvalue weighted by Crippen LogP contribution is 2.58. The van der Waals surface area contributed by atoms with Crippen molar-refractivity contribution in [3.05, 3.63) is 23.2 Å². The Balaban J connectivity index is 1.21. The summed E-state index contributed by atoms with van der Waals surface area (Å²) in [5, 5.41) is 0.229. The molecule has 6 aliphatic rings. The van der Waals surface area contributed by atoms with Gasteiger partial charge in [-0.05, 0) is 80.4 Å². The summed E-state index contributed by atoms with van der Waals surface area (Å²) >= 11 is 6.55. The van der Waals surface area contributed by atoms with Crippen LogP contribution >= 0.6 is 11.6 Å². The molecule has 2 saturated heterocycles. The third-order valence-corrected chi connectivity index (χ3v) is 9.59. The van der Waals surface area contributed by atoms with E-state index >= 15 is 0 Å². The summed E-state index contributed by atoms with van der Waals surface area (Å²) in [5.41, 5.74) is 0.811. The van der Waals surface area contributed by atoms with Crippen molar-refractivity contribution in [3.63, 3.8) is 0 Å². The van der Waals surface area contributed by atoms with Gasteiger partial charge in [-0.25, -0.2) is 9.80 Å². The Morgan fingerprint density at radius 1 is 0.645 bits per heavy atom. The second kappa shape index (κ2) is 5.97. The molecule has 0 N–H and O–H groups in total. The highest BCUT2D eigenvalue weighted by atomic mass is 35.5. The Kier molecular flexibility index (Phi) is 3.54. The van der Waals surface area contributed by atoms with Gasteiger partial charge in [0.25, 0.3) is 0 Å². The second-order valence-corrected chi connectivity index (χ2v) is 10.8. The van der Waals surface area contributed by atoms with Gasteiger partial charge in [-0.2, -0.15) is 0 Å². The maximum absolute atomic E-state index is 13.1. The second-order valence-electron chi connectivity index (χ2n) is 10.4. The molecule has 8 atom stereocenters. The van der Waals surface area contributed by atoms with Crippen LogP contribution in [0, 0.1) is 47.3 Å². The minimum Gasteiger partial charge on any atom is -0.274 e. The molecular formula is C24H23ClN2O4. The van der Waals surface area contributed by atoms with Crippen molar-refractivity contribution in [1.29, 1.82) is 0 Å². The number of anilines is 2. The molecule has 4 bridgehead atoms. The molecule has 7 heteroatoms. The smallest absolute Gasteiger partial charge is 0.238 e. The molecule has 160 valence electrons. The van der Waals surface area contributed by atoms with Crippen molar-refractivity contribution in [2.75, 3.05) is 9.80 Å². The van der Waals surface area contributed by atoms with Gasteiger partial charge in [-0.1, -0.05) is 11.6 Å².